The third kappa shape index (κ3) is 5.86. The van der Waals surface area contributed by atoms with Crippen LogP contribution in [0.4, 0.5) is 11.6 Å². The standard InChI is InChI=1S/C12H20N6O2S/c1-3-4-15-10-5-11(17-12(16-10)21-2)18(6-8(13)19)7-9(14)20/h5H,3-4,6-7H2,1-2H3,(H2,13,19)(H2,14,20)(H,15,16,17). The van der Waals surface area contributed by atoms with E-state index in [1.165, 1.54) is 16.7 Å². The predicted octanol–water partition coefficient (Wildman–Crippen LogP) is -0.203. The van der Waals surface area contributed by atoms with Gasteiger partial charge in [0.05, 0.1) is 13.1 Å². The number of nitrogens with zero attached hydrogens (tertiary/aromatic N) is 3. The Hall–Kier alpha value is -2.03. The van der Waals surface area contributed by atoms with Crippen molar-refractivity contribution in [2.75, 3.05) is 36.1 Å². The summed E-state index contributed by atoms with van der Waals surface area (Å²) in [7, 11) is 0. The normalized spacial score (nSPS) is 10.2. The summed E-state index contributed by atoms with van der Waals surface area (Å²) in [5.41, 5.74) is 10.4. The molecule has 0 saturated heterocycles. The molecule has 0 bridgehead atoms. The van der Waals surface area contributed by atoms with Crippen molar-refractivity contribution in [1.82, 2.24) is 9.97 Å². The van der Waals surface area contributed by atoms with Gasteiger partial charge in [0, 0.05) is 12.6 Å². The average Bonchev–Trinajstić information content (AvgIpc) is 2.43. The monoisotopic (exact) mass is 312 g/mol. The minimum atomic E-state index is -0.566. The van der Waals surface area contributed by atoms with Gasteiger partial charge in [-0.2, -0.15) is 0 Å². The molecule has 1 aromatic rings. The number of nitrogens with one attached hydrogen (secondary N) is 1. The first-order chi connectivity index (χ1) is 9.96. The van der Waals surface area contributed by atoms with Gasteiger partial charge in [-0.25, -0.2) is 9.97 Å². The number of thioether (sulfide) groups is 1. The van der Waals surface area contributed by atoms with Gasteiger partial charge < -0.3 is 21.7 Å². The van der Waals surface area contributed by atoms with E-state index in [1.807, 2.05) is 13.2 Å². The highest BCUT2D eigenvalue weighted by Crippen LogP contribution is 2.20. The number of hydrogen-bond acceptors (Lipinski definition) is 7. The van der Waals surface area contributed by atoms with E-state index >= 15 is 0 Å². The number of rotatable bonds is 9. The highest BCUT2D eigenvalue weighted by molar-refractivity contribution is 7.98. The zero-order valence-electron chi connectivity index (χ0n) is 12.1. The van der Waals surface area contributed by atoms with Gasteiger partial charge in [0.25, 0.3) is 0 Å². The van der Waals surface area contributed by atoms with Gasteiger partial charge in [-0.05, 0) is 12.7 Å². The van der Waals surface area contributed by atoms with Crippen molar-refractivity contribution in [1.29, 1.82) is 0 Å². The van der Waals surface area contributed by atoms with Crippen LogP contribution in [0.5, 0.6) is 0 Å². The molecule has 5 N–H and O–H groups in total. The number of carbonyl (C=O) groups is 2. The van der Waals surface area contributed by atoms with Gasteiger partial charge in [0.15, 0.2) is 5.16 Å². The van der Waals surface area contributed by atoms with Crippen LogP contribution in [0.3, 0.4) is 0 Å². The molecule has 1 aromatic heterocycles. The molecule has 1 rings (SSSR count). The van der Waals surface area contributed by atoms with Crippen LogP contribution >= 0.6 is 11.8 Å². The summed E-state index contributed by atoms with van der Waals surface area (Å²) in [6.45, 7) is 2.52. The number of carbonyl (C=O) groups excluding carboxylic acids is 2. The molecule has 8 nitrogen and oxygen atoms in total. The molecule has 9 heteroatoms. The first-order valence-corrected chi connectivity index (χ1v) is 7.67. The maximum atomic E-state index is 11.1. The number of amides is 2. The summed E-state index contributed by atoms with van der Waals surface area (Å²) >= 11 is 1.36. The molecule has 1 heterocycles. The van der Waals surface area contributed by atoms with E-state index in [2.05, 4.69) is 15.3 Å². The number of aromatic nitrogens is 2. The topological polar surface area (TPSA) is 127 Å². The van der Waals surface area contributed by atoms with E-state index < -0.39 is 11.8 Å². The lowest BCUT2D eigenvalue weighted by molar-refractivity contribution is -0.117. The summed E-state index contributed by atoms with van der Waals surface area (Å²) in [6, 6.07) is 1.67. The lowest BCUT2D eigenvalue weighted by Crippen LogP contribution is -2.40. The molecule has 21 heavy (non-hydrogen) atoms. The van der Waals surface area contributed by atoms with Gasteiger partial charge in [-0.15, -0.1) is 0 Å². The first kappa shape index (κ1) is 17.0. The fraction of sp³-hybridized carbons (Fsp3) is 0.500. The van der Waals surface area contributed by atoms with Crippen LogP contribution in [-0.4, -0.2) is 47.7 Å². The second kappa shape index (κ2) is 8.30. The molecule has 0 aliphatic heterocycles. The molecule has 0 aliphatic rings. The average molecular weight is 312 g/mol. The minimum absolute atomic E-state index is 0.138. The van der Waals surface area contributed by atoms with E-state index in [-0.39, 0.29) is 13.1 Å². The van der Waals surface area contributed by atoms with E-state index in [4.69, 9.17) is 11.5 Å². The lowest BCUT2D eigenvalue weighted by Gasteiger charge is -2.21. The Balaban J connectivity index is 3.08. The quantitative estimate of drug-likeness (QED) is 0.425. The number of nitrogens with two attached hydrogens (primary N) is 2. The second-order valence-electron chi connectivity index (χ2n) is 4.31. The molecule has 0 aliphatic carbocycles. The summed E-state index contributed by atoms with van der Waals surface area (Å²) in [4.78, 5) is 32.3. The molecule has 0 spiro atoms. The lowest BCUT2D eigenvalue weighted by atomic mass is 10.4. The van der Waals surface area contributed by atoms with Crippen LogP contribution in [0.2, 0.25) is 0 Å². The van der Waals surface area contributed by atoms with Crippen molar-refractivity contribution in [3.63, 3.8) is 0 Å². The molecule has 0 aromatic carbocycles. The second-order valence-corrected chi connectivity index (χ2v) is 5.09. The van der Waals surface area contributed by atoms with E-state index in [9.17, 15) is 9.59 Å². The van der Waals surface area contributed by atoms with Crippen LogP contribution in [0.25, 0.3) is 0 Å². The maximum Gasteiger partial charge on any atom is 0.237 e. The van der Waals surface area contributed by atoms with Gasteiger partial charge in [0.1, 0.15) is 11.6 Å². The highest BCUT2D eigenvalue weighted by atomic mass is 32.2. The Bertz CT molecular complexity index is 495. The van der Waals surface area contributed by atoms with Crippen molar-refractivity contribution >= 4 is 35.2 Å². The van der Waals surface area contributed by atoms with E-state index in [0.29, 0.717) is 16.8 Å². The molecular formula is C12H20N6O2S. The smallest absolute Gasteiger partial charge is 0.237 e. The van der Waals surface area contributed by atoms with Crippen LogP contribution in [-0.2, 0) is 9.59 Å². The Morgan fingerprint density at radius 3 is 2.38 bits per heavy atom. The predicted molar refractivity (Wildman–Crippen MR) is 83.2 cm³/mol. The number of anilines is 2. The van der Waals surface area contributed by atoms with Crippen molar-refractivity contribution in [2.45, 2.75) is 18.5 Å². The molecule has 0 atom stereocenters. The minimum Gasteiger partial charge on any atom is -0.370 e. The molecule has 0 fully saturated rings. The Labute approximate surface area is 127 Å². The number of hydrogen-bond donors (Lipinski definition) is 3. The van der Waals surface area contributed by atoms with Crippen LogP contribution in [0, 0.1) is 0 Å². The van der Waals surface area contributed by atoms with Gasteiger partial charge >= 0.3 is 0 Å². The molecule has 2 amide bonds. The fourth-order valence-electron chi connectivity index (χ4n) is 1.60. The fourth-order valence-corrected chi connectivity index (χ4v) is 1.98. The first-order valence-electron chi connectivity index (χ1n) is 6.44. The summed E-state index contributed by atoms with van der Waals surface area (Å²) in [5.74, 6) is -0.0667. The molecule has 116 valence electrons. The van der Waals surface area contributed by atoms with Crippen LogP contribution in [0.15, 0.2) is 11.2 Å². The van der Waals surface area contributed by atoms with Gasteiger partial charge in [0.2, 0.25) is 11.8 Å². The molecule has 0 radical (unpaired) electrons. The van der Waals surface area contributed by atoms with Crippen molar-refractivity contribution < 1.29 is 9.59 Å². The molecule has 0 unspecified atom stereocenters. The summed E-state index contributed by atoms with van der Waals surface area (Å²) < 4.78 is 0. The number of primary amides is 2. The van der Waals surface area contributed by atoms with Crippen LogP contribution < -0.4 is 21.7 Å². The van der Waals surface area contributed by atoms with Gasteiger partial charge in [-0.1, -0.05) is 18.7 Å². The van der Waals surface area contributed by atoms with Crippen molar-refractivity contribution in [3.05, 3.63) is 6.07 Å². The zero-order valence-corrected chi connectivity index (χ0v) is 12.9. The molecule has 0 saturated carbocycles. The van der Waals surface area contributed by atoms with E-state index in [0.717, 1.165) is 13.0 Å². The third-order valence-corrected chi connectivity index (χ3v) is 3.00. The van der Waals surface area contributed by atoms with Crippen molar-refractivity contribution in [2.24, 2.45) is 11.5 Å². The van der Waals surface area contributed by atoms with Gasteiger partial charge in [-0.3, -0.25) is 9.59 Å². The maximum absolute atomic E-state index is 11.1. The zero-order chi connectivity index (χ0) is 15.8. The SMILES string of the molecule is CCCNc1cc(N(CC(N)=O)CC(N)=O)nc(SC)n1. The Morgan fingerprint density at radius 2 is 1.90 bits per heavy atom. The highest BCUT2D eigenvalue weighted by Gasteiger charge is 2.16. The molecular weight excluding hydrogens is 292 g/mol. The Morgan fingerprint density at radius 1 is 1.29 bits per heavy atom. The van der Waals surface area contributed by atoms with E-state index in [1.54, 1.807) is 6.07 Å². The third-order valence-electron chi connectivity index (χ3n) is 2.45. The Kier molecular flexibility index (Phi) is 6.73. The van der Waals surface area contributed by atoms with Crippen LogP contribution in [0.1, 0.15) is 13.3 Å². The van der Waals surface area contributed by atoms with Crippen molar-refractivity contribution in [3.8, 4) is 0 Å². The summed E-state index contributed by atoms with van der Waals surface area (Å²) in [5, 5.41) is 3.68. The largest absolute Gasteiger partial charge is 0.370 e. The summed E-state index contributed by atoms with van der Waals surface area (Å²) in [6.07, 6.45) is 2.79.